The van der Waals surface area contributed by atoms with Gasteiger partial charge in [-0.1, -0.05) is 0 Å². The summed E-state index contributed by atoms with van der Waals surface area (Å²) in [5.74, 6) is 0.727. The molecule has 3 saturated heterocycles. The fraction of sp³-hybridized carbons (Fsp3) is 0.692. The van der Waals surface area contributed by atoms with Crippen molar-refractivity contribution in [3.05, 3.63) is 21.0 Å². The summed E-state index contributed by atoms with van der Waals surface area (Å²) in [7, 11) is 0. The molecule has 4 rings (SSSR count). The Hall–Kier alpha value is -0.880. The Morgan fingerprint density at radius 2 is 2.21 bits per heavy atom. The lowest BCUT2D eigenvalue weighted by molar-refractivity contribution is 0.0975. The lowest BCUT2D eigenvalue weighted by Crippen LogP contribution is -2.53. The SMILES string of the molecule is CCn1ncc(NC2CN3CCC2CC3)c(Br)c1=O. The monoisotopic (exact) mass is 326 g/mol. The predicted molar refractivity (Wildman–Crippen MR) is 78.4 cm³/mol. The van der Waals surface area contributed by atoms with Crippen LogP contribution in [0, 0.1) is 5.92 Å². The standard InChI is InChI=1S/C13H19BrN4O/c1-2-18-13(19)12(14)10(7-15-18)16-11-8-17-5-3-9(11)4-6-17/h7,9,11,16H,2-6,8H2,1H3. The summed E-state index contributed by atoms with van der Waals surface area (Å²) in [6, 6.07) is 0.442. The van der Waals surface area contributed by atoms with Crippen LogP contribution in [0.5, 0.6) is 0 Å². The van der Waals surface area contributed by atoms with Gasteiger partial charge in [-0.15, -0.1) is 0 Å². The molecule has 4 heterocycles. The van der Waals surface area contributed by atoms with E-state index in [0.717, 1.165) is 18.2 Å². The summed E-state index contributed by atoms with van der Waals surface area (Å²) >= 11 is 3.40. The molecule has 1 unspecified atom stereocenters. The van der Waals surface area contributed by atoms with E-state index in [9.17, 15) is 4.79 Å². The molecule has 0 aromatic carbocycles. The highest BCUT2D eigenvalue weighted by Gasteiger charge is 2.34. The molecule has 0 amide bonds. The third-order valence-electron chi connectivity index (χ3n) is 4.28. The zero-order valence-electron chi connectivity index (χ0n) is 11.1. The van der Waals surface area contributed by atoms with Crippen LogP contribution in [0.2, 0.25) is 0 Å². The summed E-state index contributed by atoms with van der Waals surface area (Å²) in [6.45, 7) is 6.03. The Balaban J connectivity index is 1.80. The number of piperidine rings is 3. The average Bonchev–Trinajstić information content (AvgIpc) is 2.45. The van der Waals surface area contributed by atoms with Crippen LogP contribution in [0.4, 0.5) is 5.69 Å². The number of rotatable bonds is 3. The van der Waals surface area contributed by atoms with Crippen LogP contribution in [0.3, 0.4) is 0 Å². The minimum absolute atomic E-state index is 0.0613. The molecule has 2 bridgehead atoms. The first kappa shape index (κ1) is 13.1. The van der Waals surface area contributed by atoms with Gasteiger partial charge in [0.2, 0.25) is 0 Å². The van der Waals surface area contributed by atoms with Gasteiger partial charge in [0, 0.05) is 19.1 Å². The molecule has 19 heavy (non-hydrogen) atoms. The molecule has 0 radical (unpaired) electrons. The molecule has 1 aromatic rings. The highest BCUT2D eigenvalue weighted by atomic mass is 79.9. The van der Waals surface area contributed by atoms with E-state index in [-0.39, 0.29) is 5.56 Å². The quantitative estimate of drug-likeness (QED) is 0.915. The van der Waals surface area contributed by atoms with Gasteiger partial charge in [0.25, 0.3) is 5.56 Å². The van der Waals surface area contributed by atoms with Crippen molar-refractivity contribution in [3.63, 3.8) is 0 Å². The first-order chi connectivity index (χ1) is 9.19. The number of fused-ring (bicyclic) bond motifs is 3. The number of aryl methyl sites for hydroxylation is 1. The van der Waals surface area contributed by atoms with Crippen LogP contribution >= 0.6 is 15.9 Å². The van der Waals surface area contributed by atoms with E-state index in [1.165, 1.54) is 30.6 Å². The van der Waals surface area contributed by atoms with Crippen LogP contribution in [0.25, 0.3) is 0 Å². The highest BCUT2D eigenvalue weighted by Crippen LogP contribution is 2.30. The van der Waals surface area contributed by atoms with Crippen molar-refractivity contribution in [2.24, 2.45) is 5.92 Å². The lowest BCUT2D eigenvalue weighted by atomic mass is 9.84. The molecule has 5 nitrogen and oxygen atoms in total. The van der Waals surface area contributed by atoms with Crippen molar-refractivity contribution in [2.45, 2.75) is 32.4 Å². The molecule has 0 aliphatic carbocycles. The van der Waals surface area contributed by atoms with Crippen LogP contribution in [-0.2, 0) is 6.54 Å². The minimum atomic E-state index is -0.0613. The maximum Gasteiger partial charge on any atom is 0.283 e. The van der Waals surface area contributed by atoms with Gasteiger partial charge in [0.15, 0.2) is 0 Å². The van der Waals surface area contributed by atoms with Gasteiger partial charge < -0.3 is 10.2 Å². The zero-order chi connectivity index (χ0) is 13.4. The van der Waals surface area contributed by atoms with Gasteiger partial charge in [-0.3, -0.25) is 4.79 Å². The lowest BCUT2D eigenvalue weighted by Gasteiger charge is -2.45. The Morgan fingerprint density at radius 1 is 1.47 bits per heavy atom. The summed E-state index contributed by atoms with van der Waals surface area (Å²) in [5.41, 5.74) is 0.766. The summed E-state index contributed by atoms with van der Waals surface area (Å²) in [4.78, 5) is 14.5. The third-order valence-corrected chi connectivity index (χ3v) is 5.05. The van der Waals surface area contributed by atoms with E-state index in [2.05, 4.69) is 31.2 Å². The summed E-state index contributed by atoms with van der Waals surface area (Å²) in [5, 5.41) is 7.69. The second-order valence-electron chi connectivity index (χ2n) is 5.38. The van der Waals surface area contributed by atoms with Gasteiger partial charge in [0.05, 0.1) is 11.9 Å². The molecule has 1 N–H and O–H groups in total. The maximum absolute atomic E-state index is 12.0. The van der Waals surface area contributed by atoms with Crippen molar-refractivity contribution >= 4 is 21.6 Å². The molecule has 6 heteroatoms. The number of anilines is 1. The van der Waals surface area contributed by atoms with E-state index in [4.69, 9.17) is 0 Å². The molecule has 3 aliphatic rings. The van der Waals surface area contributed by atoms with E-state index >= 15 is 0 Å². The van der Waals surface area contributed by atoms with Crippen molar-refractivity contribution in [3.8, 4) is 0 Å². The van der Waals surface area contributed by atoms with Crippen LogP contribution in [0.15, 0.2) is 15.5 Å². The van der Waals surface area contributed by atoms with Crippen molar-refractivity contribution in [1.82, 2.24) is 14.7 Å². The van der Waals surface area contributed by atoms with Crippen molar-refractivity contribution in [1.29, 1.82) is 0 Å². The summed E-state index contributed by atoms with van der Waals surface area (Å²) < 4.78 is 2.06. The normalized spacial score (nSPS) is 29.5. The molecule has 3 fully saturated rings. The molecular weight excluding hydrogens is 308 g/mol. The topological polar surface area (TPSA) is 50.2 Å². The van der Waals surface area contributed by atoms with E-state index < -0.39 is 0 Å². The fourth-order valence-corrected chi connectivity index (χ4v) is 3.54. The van der Waals surface area contributed by atoms with Crippen LogP contribution in [-0.4, -0.2) is 40.4 Å². The Bertz CT molecular complexity index is 522. The fourth-order valence-electron chi connectivity index (χ4n) is 3.12. The Labute approximate surface area is 121 Å². The first-order valence-electron chi connectivity index (χ1n) is 6.93. The van der Waals surface area contributed by atoms with Crippen molar-refractivity contribution < 1.29 is 0 Å². The molecular formula is C13H19BrN4O. The Kier molecular flexibility index (Phi) is 3.62. The second-order valence-corrected chi connectivity index (χ2v) is 6.18. The van der Waals surface area contributed by atoms with Gasteiger partial charge in [0.1, 0.15) is 4.47 Å². The number of nitrogens with zero attached hydrogens (tertiary/aromatic N) is 3. The number of hydrogen-bond acceptors (Lipinski definition) is 4. The van der Waals surface area contributed by atoms with Gasteiger partial charge in [-0.25, -0.2) is 4.68 Å². The first-order valence-corrected chi connectivity index (χ1v) is 7.73. The molecule has 0 spiro atoms. The van der Waals surface area contributed by atoms with Gasteiger partial charge in [-0.2, -0.15) is 5.10 Å². The molecule has 0 saturated carbocycles. The average molecular weight is 327 g/mol. The van der Waals surface area contributed by atoms with Gasteiger partial charge >= 0.3 is 0 Å². The largest absolute Gasteiger partial charge is 0.378 e. The van der Waals surface area contributed by atoms with E-state index in [1.54, 1.807) is 6.20 Å². The van der Waals surface area contributed by atoms with E-state index in [0.29, 0.717) is 17.1 Å². The minimum Gasteiger partial charge on any atom is -0.378 e. The molecule has 1 atom stereocenters. The van der Waals surface area contributed by atoms with Gasteiger partial charge in [-0.05, 0) is 54.7 Å². The summed E-state index contributed by atoms with van der Waals surface area (Å²) in [6.07, 6.45) is 4.27. The number of halogens is 1. The predicted octanol–water partition coefficient (Wildman–Crippen LogP) is 1.53. The van der Waals surface area contributed by atoms with Crippen LogP contribution in [0.1, 0.15) is 19.8 Å². The second kappa shape index (κ2) is 5.25. The smallest absolute Gasteiger partial charge is 0.283 e. The third kappa shape index (κ3) is 2.43. The van der Waals surface area contributed by atoms with E-state index in [1.807, 2.05) is 6.92 Å². The van der Waals surface area contributed by atoms with Crippen LogP contribution < -0.4 is 10.9 Å². The highest BCUT2D eigenvalue weighted by molar-refractivity contribution is 9.10. The molecule has 3 aliphatic heterocycles. The Morgan fingerprint density at radius 3 is 2.79 bits per heavy atom. The molecule has 1 aromatic heterocycles. The van der Waals surface area contributed by atoms with Crippen molar-refractivity contribution in [2.75, 3.05) is 25.0 Å². The number of aromatic nitrogens is 2. The maximum atomic E-state index is 12.0. The number of nitrogens with one attached hydrogen (secondary N) is 1. The molecule has 104 valence electrons. The number of hydrogen-bond donors (Lipinski definition) is 1. The zero-order valence-corrected chi connectivity index (χ0v) is 12.7.